The van der Waals surface area contributed by atoms with Crippen LogP contribution < -0.4 is 11.4 Å². The second-order valence-electron chi connectivity index (χ2n) is 5.68. The predicted octanol–water partition coefficient (Wildman–Crippen LogP) is 1.20. The summed E-state index contributed by atoms with van der Waals surface area (Å²) in [5.74, 6) is -2.89. The first-order chi connectivity index (χ1) is 12.1. The van der Waals surface area contributed by atoms with Crippen LogP contribution in [0, 0.1) is 0 Å². The van der Waals surface area contributed by atoms with E-state index in [4.69, 9.17) is 22.1 Å². The Bertz CT molecular complexity index is 747. The van der Waals surface area contributed by atoms with Gasteiger partial charge in [-0.3, -0.25) is 9.13 Å². The zero-order chi connectivity index (χ0) is 19.7. The summed E-state index contributed by atoms with van der Waals surface area (Å²) in [6, 6.07) is 1.23. The van der Waals surface area contributed by atoms with E-state index in [2.05, 4.69) is 14.0 Å². The lowest BCUT2D eigenvalue weighted by Gasteiger charge is -2.32. The maximum atomic E-state index is 14.6. The van der Waals surface area contributed by atoms with Crippen molar-refractivity contribution in [3.8, 4) is 0 Å². The molecule has 9 nitrogen and oxygen atoms in total. The molecule has 5 atom stereocenters. The van der Waals surface area contributed by atoms with Gasteiger partial charge in [-0.25, -0.2) is 13.6 Å². The fourth-order valence-corrected chi connectivity index (χ4v) is 4.15. The third-order valence-electron chi connectivity index (χ3n) is 4.19. The Labute approximate surface area is 152 Å². The van der Waals surface area contributed by atoms with Gasteiger partial charge in [-0.1, -0.05) is 0 Å². The van der Waals surface area contributed by atoms with E-state index >= 15 is 0 Å². The van der Waals surface area contributed by atoms with Crippen LogP contribution in [0.5, 0.6) is 0 Å². The molecular weight excluding hydrogens is 399 g/mol. The minimum absolute atomic E-state index is 0.0891. The Morgan fingerprint density at radius 3 is 2.69 bits per heavy atom. The highest BCUT2D eigenvalue weighted by Gasteiger charge is 2.58. The number of alkyl halides is 3. The number of nitrogens with two attached hydrogens (primary N) is 1. The molecule has 0 amide bonds. The van der Waals surface area contributed by atoms with E-state index in [1.54, 1.807) is 0 Å². The molecule has 0 aromatic carbocycles. The lowest BCUT2D eigenvalue weighted by atomic mass is 9.94. The highest BCUT2D eigenvalue weighted by Crippen LogP contribution is 2.56. The fraction of sp³-hybridized carbons (Fsp3) is 0.692. The van der Waals surface area contributed by atoms with Crippen LogP contribution in [0.1, 0.15) is 12.6 Å². The van der Waals surface area contributed by atoms with E-state index in [-0.39, 0.29) is 5.82 Å². The average molecular weight is 418 g/mol. The molecule has 1 fully saturated rings. The number of aliphatic hydroxyl groups is 1. The Morgan fingerprint density at radius 2 is 2.19 bits per heavy atom. The van der Waals surface area contributed by atoms with Crippen molar-refractivity contribution in [1.29, 1.82) is 0 Å². The van der Waals surface area contributed by atoms with Crippen LogP contribution in [0.25, 0.3) is 0 Å². The molecule has 1 aromatic heterocycles. The highest BCUT2D eigenvalue weighted by atomic mass is 35.5. The number of aliphatic hydroxyl groups excluding tert-OH is 1. The molecule has 1 saturated heterocycles. The van der Waals surface area contributed by atoms with E-state index in [1.807, 2.05) is 0 Å². The second kappa shape index (κ2) is 7.87. The van der Waals surface area contributed by atoms with Gasteiger partial charge in [-0.05, 0) is 6.07 Å². The molecule has 2 heterocycles. The molecule has 148 valence electrons. The van der Waals surface area contributed by atoms with Crippen LogP contribution in [-0.4, -0.2) is 58.5 Å². The standard InChI is InChI=1S/C13H19ClF2N3O6P/c1-23-26(22,24-2)7(15)5-13(6-14)10(20)9(16)11(25-13)19-4-3-8(17)18-12(19)21/h3-4,7,9-11,20H,5-6H2,1-2H3,(H2,17,18,21)/t7?,9-,10+,11-,13+/m1/s1. The lowest BCUT2D eigenvalue weighted by molar-refractivity contribution is -0.100. The van der Waals surface area contributed by atoms with Gasteiger partial charge < -0.3 is 24.6 Å². The molecule has 0 spiro atoms. The van der Waals surface area contributed by atoms with E-state index < -0.39 is 55.6 Å². The molecule has 26 heavy (non-hydrogen) atoms. The first kappa shape index (κ1) is 21.2. The maximum Gasteiger partial charge on any atom is 0.364 e. The van der Waals surface area contributed by atoms with E-state index in [0.717, 1.165) is 25.0 Å². The monoisotopic (exact) mass is 417 g/mol. The highest BCUT2D eigenvalue weighted by molar-refractivity contribution is 7.54. The van der Waals surface area contributed by atoms with Crippen molar-refractivity contribution >= 4 is 25.0 Å². The molecule has 1 unspecified atom stereocenters. The quantitative estimate of drug-likeness (QED) is 0.500. The van der Waals surface area contributed by atoms with Crippen LogP contribution in [0.2, 0.25) is 0 Å². The summed E-state index contributed by atoms with van der Waals surface area (Å²) < 4.78 is 56.6. The molecule has 0 radical (unpaired) electrons. The first-order valence-corrected chi connectivity index (χ1v) is 9.54. The van der Waals surface area contributed by atoms with Crippen molar-refractivity contribution in [1.82, 2.24) is 9.55 Å². The molecule has 2 rings (SSSR count). The van der Waals surface area contributed by atoms with Crippen LogP contribution in [0.4, 0.5) is 14.6 Å². The summed E-state index contributed by atoms with van der Waals surface area (Å²) in [4.78, 5) is 15.3. The van der Waals surface area contributed by atoms with Crippen molar-refractivity contribution in [2.45, 2.75) is 36.4 Å². The van der Waals surface area contributed by atoms with Crippen molar-refractivity contribution in [3.63, 3.8) is 0 Å². The Kier molecular flexibility index (Phi) is 6.42. The van der Waals surface area contributed by atoms with E-state index in [0.29, 0.717) is 0 Å². The summed E-state index contributed by atoms with van der Waals surface area (Å²) >= 11 is 5.81. The van der Waals surface area contributed by atoms with Gasteiger partial charge >= 0.3 is 13.3 Å². The van der Waals surface area contributed by atoms with Gasteiger partial charge in [-0.2, -0.15) is 4.98 Å². The average Bonchev–Trinajstić information content (AvgIpc) is 2.86. The molecule has 1 aromatic rings. The summed E-state index contributed by atoms with van der Waals surface area (Å²) in [7, 11) is -2.21. The lowest BCUT2D eigenvalue weighted by Crippen LogP contribution is -2.46. The SMILES string of the molecule is COP(=O)(OC)C(F)C[C@@]1(CCl)O[C@@H](n2ccc(N)nc2=O)[C@H](F)[C@@H]1O. The molecule has 13 heteroatoms. The number of hydrogen-bond donors (Lipinski definition) is 2. The van der Waals surface area contributed by atoms with E-state index in [9.17, 15) is 23.2 Å². The molecular formula is C13H19ClF2N3O6P. The van der Waals surface area contributed by atoms with Gasteiger partial charge in [0, 0.05) is 26.8 Å². The van der Waals surface area contributed by atoms with Crippen LogP contribution in [0.15, 0.2) is 17.1 Å². The number of rotatable bonds is 7. The normalized spacial score (nSPS) is 30.5. The fourth-order valence-electron chi connectivity index (χ4n) is 2.69. The van der Waals surface area contributed by atoms with Crippen molar-refractivity contribution in [3.05, 3.63) is 22.7 Å². The number of ether oxygens (including phenoxy) is 1. The molecule has 3 N–H and O–H groups in total. The van der Waals surface area contributed by atoms with Crippen LogP contribution >= 0.6 is 19.2 Å². The summed E-state index contributed by atoms with van der Waals surface area (Å²) in [5, 5.41) is 10.3. The van der Waals surface area contributed by atoms with Gasteiger partial charge in [0.25, 0.3) is 0 Å². The topological polar surface area (TPSA) is 126 Å². The number of nitrogens with zero attached hydrogens (tertiary/aromatic N) is 2. The predicted molar refractivity (Wildman–Crippen MR) is 88.5 cm³/mol. The second-order valence-corrected chi connectivity index (χ2v) is 8.32. The maximum absolute atomic E-state index is 14.6. The minimum atomic E-state index is -4.17. The minimum Gasteiger partial charge on any atom is -0.387 e. The van der Waals surface area contributed by atoms with Crippen molar-refractivity contribution in [2.24, 2.45) is 0 Å². The number of halogens is 3. The van der Waals surface area contributed by atoms with Gasteiger partial charge in [0.2, 0.25) is 5.91 Å². The first-order valence-electron chi connectivity index (χ1n) is 7.40. The summed E-state index contributed by atoms with van der Waals surface area (Å²) in [6.07, 6.45) is -5.32. The summed E-state index contributed by atoms with van der Waals surface area (Å²) in [6.45, 7) is 0. The Balaban J connectivity index is 2.35. The zero-order valence-electron chi connectivity index (χ0n) is 13.9. The van der Waals surface area contributed by atoms with Gasteiger partial charge in [0.1, 0.15) is 17.5 Å². The van der Waals surface area contributed by atoms with Crippen LogP contribution in [0.3, 0.4) is 0 Å². The van der Waals surface area contributed by atoms with Crippen molar-refractivity contribution in [2.75, 3.05) is 25.8 Å². The molecule has 0 saturated carbocycles. The number of hydrogen-bond acceptors (Lipinski definition) is 8. The van der Waals surface area contributed by atoms with Gasteiger partial charge in [-0.15, -0.1) is 11.6 Å². The third kappa shape index (κ3) is 3.64. The molecule has 0 bridgehead atoms. The smallest absolute Gasteiger partial charge is 0.364 e. The Hall–Kier alpha value is -1.10. The van der Waals surface area contributed by atoms with E-state index in [1.165, 1.54) is 6.07 Å². The Morgan fingerprint density at radius 1 is 1.58 bits per heavy atom. The molecule has 1 aliphatic rings. The largest absolute Gasteiger partial charge is 0.387 e. The third-order valence-corrected chi connectivity index (χ3v) is 6.53. The molecule has 1 aliphatic heterocycles. The van der Waals surface area contributed by atoms with Gasteiger partial charge in [0.05, 0.1) is 5.88 Å². The number of aromatic nitrogens is 2. The van der Waals surface area contributed by atoms with Crippen LogP contribution in [-0.2, 0) is 18.3 Å². The number of nitrogen functional groups attached to an aromatic ring is 1. The zero-order valence-corrected chi connectivity index (χ0v) is 15.6. The van der Waals surface area contributed by atoms with Crippen molar-refractivity contribution < 1.29 is 32.2 Å². The number of anilines is 1. The summed E-state index contributed by atoms with van der Waals surface area (Å²) in [5.41, 5.74) is 2.48. The molecule has 0 aliphatic carbocycles. The van der Waals surface area contributed by atoms with Gasteiger partial charge in [0.15, 0.2) is 12.4 Å².